The van der Waals surface area contributed by atoms with E-state index < -0.39 is 0 Å². The van der Waals surface area contributed by atoms with E-state index >= 15 is 0 Å². The van der Waals surface area contributed by atoms with E-state index in [-0.39, 0.29) is 17.0 Å². The number of likely N-dealkylation sites (tertiary alicyclic amines) is 1. The van der Waals surface area contributed by atoms with E-state index in [4.69, 9.17) is 0 Å². The number of hydrogen-bond donors (Lipinski definition) is 2. The predicted octanol–water partition coefficient (Wildman–Crippen LogP) is 2.31. The molecule has 3 aromatic rings. The summed E-state index contributed by atoms with van der Waals surface area (Å²) >= 11 is 1.60. The van der Waals surface area contributed by atoms with Crippen LogP contribution in [0.1, 0.15) is 46.4 Å². The minimum atomic E-state index is -0.384. The Balaban J connectivity index is 1.40. The van der Waals surface area contributed by atoms with E-state index in [9.17, 15) is 9.59 Å². The molecule has 0 saturated carbocycles. The minimum Gasteiger partial charge on any atom is -0.346 e. The van der Waals surface area contributed by atoms with Crippen molar-refractivity contribution in [2.75, 3.05) is 6.54 Å². The van der Waals surface area contributed by atoms with Crippen molar-refractivity contribution in [3.05, 3.63) is 56.7 Å². The Morgan fingerprint density at radius 1 is 1.41 bits per heavy atom. The third-order valence-electron chi connectivity index (χ3n) is 5.03. The first-order valence-electron chi connectivity index (χ1n) is 9.18. The minimum absolute atomic E-state index is 0.130. The van der Waals surface area contributed by atoms with Crippen LogP contribution in [0.4, 0.5) is 0 Å². The van der Waals surface area contributed by atoms with Crippen LogP contribution in [0.5, 0.6) is 0 Å². The van der Waals surface area contributed by atoms with Gasteiger partial charge in [-0.1, -0.05) is 0 Å². The van der Waals surface area contributed by atoms with Crippen molar-refractivity contribution >= 4 is 22.2 Å². The van der Waals surface area contributed by atoms with Gasteiger partial charge in [0, 0.05) is 35.6 Å². The third-order valence-corrected chi connectivity index (χ3v) is 5.94. The summed E-state index contributed by atoms with van der Waals surface area (Å²) in [6.07, 6.45) is 6.28. The number of amides is 1. The Morgan fingerprint density at radius 2 is 2.26 bits per heavy atom. The topological polar surface area (TPSA) is 82.5 Å². The molecule has 1 aliphatic rings. The van der Waals surface area contributed by atoms with Gasteiger partial charge in [0.15, 0.2) is 4.96 Å². The fraction of sp³-hybridized carbons (Fsp3) is 0.421. The summed E-state index contributed by atoms with van der Waals surface area (Å²) < 4.78 is 1.95. The second-order valence-electron chi connectivity index (χ2n) is 7.13. The van der Waals surface area contributed by atoms with Crippen molar-refractivity contribution < 1.29 is 4.79 Å². The number of imidazole rings is 1. The Bertz CT molecular complexity index is 1000. The number of carbonyl (C=O) groups is 1. The Hall–Kier alpha value is -2.45. The number of pyridine rings is 1. The zero-order valence-corrected chi connectivity index (χ0v) is 16.3. The lowest BCUT2D eigenvalue weighted by Crippen LogP contribution is -2.31. The highest BCUT2D eigenvalue weighted by Crippen LogP contribution is 2.18. The van der Waals surface area contributed by atoms with Crippen LogP contribution in [0.2, 0.25) is 0 Å². The van der Waals surface area contributed by atoms with Crippen molar-refractivity contribution in [2.45, 2.75) is 45.8 Å². The molecule has 1 aliphatic heterocycles. The summed E-state index contributed by atoms with van der Waals surface area (Å²) in [4.78, 5) is 36.5. The van der Waals surface area contributed by atoms with Crippen LogP contribution in [0.25, 0.3) is 4.96 Å². The maximum atomic E-state index is 12.4. The maximum Gasteiger partial charge on any atom is 0.261 e. The van der Waals surface area contributed by atoms with Gasteiger partial charge in [-0.3, -0.25) is 18.9 Å². The van der Waals surface area contributed by atoms with Gasteiger partial charge in [0.2, 0.25) is 0 Å². The van der Waals surface area contributed by atoms with Gasteiger partial charge in [0.05, 0.1) is 12.2 Å². The first-order chi connectivity index (χ1) is 13.0. The number of rotatable bonds is 5. The van der Waals surface area contributed by atoms with Crippen molar-refractivity contribution in [1.82, 2.24) is 24.6 Å². The first-order valence-corrected chi connectivity index (χ1v) is 10.00. The summed E-state index contributed by atoms with van der Waals surface area (Å²) in [7, 11) is 0. The SMILES string of the molecule is Cc1cn2cc(CNC(=O)c3ccc(CN4CCC[C@H]4C)[nH]c3=O)nc2s1. The number of nitrogens with one attached hydrogen (secondary N) is 2. The largest absolute Gasteiger partial charge is 0.346 e. The fourth-order valence-corrected chi connectivity index (χ4v) is 4.37. The molecule has 1 amide bonds. The van der Waals surface area contributed by atoms with Gasteiger partial charge in [0.25, 0.3) is 11.5 Å². The molecular formula is C19H23N5O2S. The number of aryl methyl sites for hydroxylation is 1. The van der Waals surface area contributed by atoms with Gasteiger partial charge in [-0.15, -0.1) is 11.3 Å². The Labute approximate surface area is 161 Å². The number of fused-ring (bicyclic) bond motifs is 1. The molecule has 142 valence electrons. The average molecular weight is 385 g/mol. The summed E-state index contributed by atoms with van der Waals surface area (Å²) in [6.45, 7) is 6.28. The number of nitrogens with zero attached hydrogens (tertiary/aromatic N) is 3. The van der Waals surface area contributed by atoms with E-state index in [1.54, 1.807) is 17.4 Å². The van der Waals surface area contributed by atoms with E-state index in [2.05, 4.69) is 27.1 Å². The molecule has 0 unspecified atom stereocenters. The van der Waals surface area contributed by atoms with Crippen LogP contribution in [-0.2, 0) is 13.1 Å². The van der Waals surface area contributed by atoms with Crippen molar-refractivity contribution in [1.29, 1.82) is 0 Å². The smallest absolute Gasteiger partial charge is 0.261 e. The van der Waals surface area contributed by atoms with E-state index in [0.29, 0.717) is 19.1 Å². The lowest BCUT2D eigenvalue weighted by Gasteiger charge is -2.20. The summed E-state index contributed by atoms with van der Waals surface area (Å²) in [6, 6.07) is 3.97. The molecule has 0 aliphatic carbocycles. The standard InChI is InChI=1S/C19H23N5O2S/c1-12-4-3-7-23(12)10-14-5-6-16(18(26)21-14)17(25)20-8-15-11-24-9-13(2)27-19(24)22-15/h5-6,9,11-12H,3-4,7-8,10H2,1-2H3,(H,20,25)(H,21,26)/t12-/m1/s1. The fourth-order valence-electron chi connectivity index (χ4n) is 3.54. The normalized spacial score (nSPS) is 17.6. The molecule has 0 radical (unpaired) electrons. The number of aromatic nitrogens is 3. The summed E-state index contributed by atoms with van der Waals surface area (Å²) in [5, 5.41) is 2.78. The van der Waals surface area contributed by atoms with E-state index in [0.717, 1.165) is 22.9 Å². The quantitative estimate of drug-likeness (QED) is 0.706. The molecular weight excluding hydrogens is 362 g/mol. The molecule has 3 aromatic heterocycles. The van der Waals surface area contributed by atoms with Gasteiger partial charge < -0.3 is 10.3 Å². The average Bonchev–Trinajstić information content (AvgIpc) is 3.28. The van der Waals surface area contributed by atoms with Gasteiger partial charge in [-0.2, -0.15) is 0 Å². The van der Waals surface area contributed by atoms with Crippen LogP contribution in [0.15, 0.2) is 29.3 Å². The molecule has 8 heteroatoms. The second kappa shape index (κ2) is 7.28. The molecule has 4 heterocycles. The van der Waals surface area contributed by atoms with Crippen LogP contribution in [0.3, 0.4) is 0 Å². The molecule has 0 spiro atoms. The molecule has 4 rings (SSSR count). The summed E-state index contributed by atoms with van der Waals surface area (Å²) in [5.74, 6) is -0.384. The molecule has 0 aromatic carbocycles. The first kappa shape index (κ1) is 17.9. The third kappa shape index (κ3) is 3.81. The molecule has 27 heavy (non-hydrogen) atoms. The molecule has 7 nitrogen and oxygen atoms in total. The van der Waals surface area contributed by atoms with Gasteiger partial charge in [-0.25, -0.2) is 4.98 Å². The number of hydrogen-bond acceptors (Lipinski definition) is 5. The Morgan fingerprint density at radius 3 is 2.96 bits per heavy atom. The monoisotopic (exact) mass is 385 g/mol. The van der Waals surface area contributed by atoms with Gasteiger partial charge >= 0.3 is 0 Å². The van der Waals surface area contributed by atoms with Gasteiger partial charge in [-0.05, 0) is 45.4 Å². The highest BCUT2D eigenvalue weighted by Gasteiger charge is 2.21. The van der Waals surface area contributed by atoms with E-state index in [1.165, 1.54) is 17.7 Å². The van der Waals surface area contributed by atoms with Crippen molar-refractivity contribution in [3.63, 3.8) is 0 Å². The molecule has 1 atom stereocenters. The summed E-state index contributed by atoms with van der Waals surface area (Å²) in [5.41, 5.74) is 1.39. The number of H-pyrrole nitrogens is 1. The van der Waals surface area contributed by atoms with Crippen LogP contribution in [-0.4, -0.2) is 37.8 Å². The van der Waals surface area contributed by atoms with Crippen LogP contribution < -0.4 is 10.9 Å². The highest BCUT2D eigenvalue weighted by atomic mass is 32.1. The highest BCUT2D eigenvalue weighted by molar-refractivity contribution is 7.16. The molecule has 1 saturated heterocycles. The van der Waals surface area contributed by atoms with Crippen LogP contribution in [0, 0.1) is 6.92 Å². The number of carbonyl (C=O) groups excluding carboxylic acids is 1. The molecule has 0 bridgehead atoms. The lowest BCUT2D eigenvalue weighted by molar-refractivity contribution is 0.0949. The van der Waals surface area contributed by atoms with Crippen molar-refractivity contribution in [3.8, 4) is 0 Å². The van der Waals surface area contributed by atoms with Crippen molar-refractivity contribution in [2.24, 2.45) is 0 Å². The zero-order valence-electron chi connectivity index (χ0n) is 15.5. The lowest BCUT2D eigenvalue weighted by atomic mass is 10.2. The molecule has 1 fully saturated rings. The molecule has 2 N–H and O–H groups in total. The maximum absolute atomic E-state index is 12.4. The van der Waals surface area contributed by atoms with Gasteiger partial charge in [0.1, 0.15) is 5.56 Å². The van der Waals surface area contributed by atoms with E-state index in [1.807, 2.05) is 29.8 Å². The zero-order chi connectivity index (χ0) is 19.0. The van der Waals surface area contributed by atoms with Crippen LogP contribution >= 0.6 is 11.3 Å². The second-order valence-corrected chi connectivity index (χ2v) is 8.35. The number of thiazole rings is 1. The Kier molecular flexibility index (Phi) is 4.84. The number of aromatic amines is 1. The predicted molar refractivity (Wildman–Crippen MR) is 105 cm³/mol.